The lowest BCUT2D eigenvalue weighted by molar-refractivity contribution is -0.167. The van der Waals surface area contributed by atoms with Gasteiger partial charge in [0.05, 0.1) is 20.1 Å². The molecule has 0 bridgehead atoms. The summed E-state index contributed by atoms with van der Waals surface area (Å²) in [5.74, 6) is -0.654. The Morgan fingerprint density at radius 2 is 1.75 bits per heavy atom. The second-order valence-corrected chi connectivity index (χ2v) is 4.32. The monoisotopic (exact) mass is 282 g/mol. The molecule has 1 atom stereocenters. The number of carbonyl (C=O) groups is 2. The molecule has 0 fully saturated rings. The van der Waals surface area contributed by atoms with E-state index in [-0.39, 0.29) is 6.61 Å². The minimum Gasteiger partial charge on any atom is -0.497 e. The van der Waals surface area contributed by atoms with E-state index in [9.17, 15) is 14.7 Å². The van der Waals surface area contributed by atoms with Crippen LogP contribution in [-0.4, -0.2) is 36.4 Å². The van der Waals surface area contributed by atoms with Crippen molar-refractivity contribution in [2.45, 2.75) is 25.9 Å². The third-order valence-corrected chi connectivity index (χ3v) is 2.49. The van der Waals surface area contributed by atoms with Crippen LogP contribution in [0.4, 0.5) is 0 Å². The Kier molecular flexibility index (Phi) is 5.52. The van der Waals surface area contributed by atoms with E-state index in [4.69, 9.17) is 9.47 Å². The van der Waals surface area contributed by atoms with Crippen molar-refractivity contribution in [3.63, 3.8) is 0 Å². The second kappa shape index (κ2) is 6.91. The highest BCUT2D eigenvalue weighted by atomic mass is 16.6. The second-order valence-electron chi connectivity index (χ2n) is 4.32. The Morgan fingerprint density at radius 3 is 2.25 bits per heavy atom. The lowest BCUT2D eigenvalue weighted by atomic mass is 10.0. The molecule has 0 heterocycles. The van der Waals surface area contributed by atoms with Gasteiger partial charge in [0.1, 0.15) is 11.5 Å². The topological polar surface area (TPSA) is 82.1 Å². The highest BCUT2D eigenvalue weighted by Crippen LogP contribution is 2.19. The van der Waals surface area contributed by atoms with Crippen LogP contribution >= 0.6 is 0 Å². The van der Waals surface area contributed by atoms with Crippen LogP contribution in [0.2, 0.25) is 0 Å². The summed E-state index contributed by atoms with van der Waals surface area (Å²) in [7, 11) is 1.53. The molecule has 0 aliphatic heterocycles. The van der Waals surface area contributed by atoms with Crippen LogP contribution in [-0.2, 0) is 14.3 Å². The first-order valence-corrected chi connectivity index (χ1v) is 6.13. The first-order chi connectivity index (χ1) is 9.39. The van der Waals surface area contributed by atoms with Crippen LogP contribution in [0, 0.1) is 0 Å². The number of aliphatic hydroxyl groups is 1. The molecule has 1 aromatic rings. The van der Waals surface area contributed by atoms with E-state index in [0.29, 0.717) is 11.5 Å². The maximum absolute atomic E-state index is 11.7. The van der Waals surface area contributed by atoms with E-state index < -0.39 is 24.0 Å². The Balaban J connectivity index is 2.60. The standard InChI is InChI=1S/C14H18O6/c1-4-19-13(16)14(2,17)9-12(15)20-11-7-5-10(18-3)6-8-11/h5-8,17H,4,9H2,1-3H3. The zero-order valence-corrected chi connectivity index (χ0v) is 11.7. The molecule has 0 aliphatic carbocycles. The van der Waals surface area contributed by atoms with E-state index in [1.54, 1.807) is 31.2 Å². The van der Waals surface area contributed by atoms with Gasteiger partial charge in [-0.2, -0.15) is 0 Å². The molecule has 1 rings (SSSR count). The summed E-state index contributed by atoms with van der Waals surface area (Å²) in [6.07, 6.45) is -0.488. The minimum atomic E-state index is -1.90. The molecule has 1 N–H and O–H groups in total. The molecule has 6 nitrogen and oxygen atoms in total. The van der Waals surface area contributed by atoms with Crippen LogP contribution in [0.15, 0.2) is 24.3 Å². The highest BCUT2D eigenvalue weighted by Gasteiger charge is 2.35. The minimum absolute atomic E-state index is 0.127. The molecule has 0 saturated carbocycles. The fourth-order valence-electron chi connectivity index (χ4n) is 1.45. The van der Waals surface area contributed by atoms with Gasteiger partial charge < -0.3 is 19.3 Å². The van der Waals surface area contributed by atoms with Gasteiger partial charge in [-0.1, -0.05) is 0 Å². The summed E-state index contributed by atoms with van der Waals surface area (Å²) in [5.41, 5.74) is -1.90. The summed E-state index contributed by atoms with van der Waals surface area (Å²) in [6, 6.07) is 6.36. The number of hydrogen-bond donors (Lipinski definition) is 1. The Bertz CT molecular complexity index is 463. The summed E-state index contributed by atoms with van der Waals surface area (Å²) in [6.45, 7) is 2.95. The lowest BCUT2D eigenvalue weighted by Crippen LogP contribution is -2.40. The van der Waals surface area contributed by atoms with E-state index >= 15 is 0 Å². The SMILES string of the molecule is CCOC(=O)C(C)(O)CC(=O)Oc1ccc(OC)cc1. The molecular formula is C14H18O6. The summed E-state index contributed by atoms with van der Waals surface area (Å²) >= 11 is 0. The maximum Gasteiger partial charge on any atom is 0.338 e. The van der Waals surface area contributed by atoms with Crippen LogP contribution < -0.4 is 9.47 Å². The summed E-state index contributed by atoms with van der Waals surface area (Å²) in [4.78, 5) is 23.1. The number of rotatable bonds is 6. The fraction of sp³-hybridized carbons (Fsp3) is 0.429. The zero-order valence-electron chi connectivity index (χ0n) is 11.7. The molecule has 0 saturated heterocycles. The summed E-state index contributed by atoms with van der Waals surface area (Å²) < 4.78 is 14.7. The fourth-order valence-corrected chi connectivity index (χ4v) is 1.45. The van der Waals surface area contributed by atoms with E-state index in [2.05, 4.69) is 4.74 Å². The normalized spacial score (nSPS) is 13.2. The van der Waals surface area contributed by atoms with Crippen LogP contribution in [0.3, 0.4) is 0 Å². The molecule has 0 radical (unpaired) electrons. The van der Waals surface area contributed by atoms with Gasteiger partial charge in [-0.15, -0.1) is 0 Å². The van der Waals surface area contributed by atoms with Crippen LogP contribution in [0.5, 0.6) is 11.5 Å². The van der Waals surface area contributed by atoms with Crippen molar-refractivity contribution in [2.24, 2.45) is 0 Å². The molecule has 6 heteroatoms. The van der Waals surface area contributed by atoms with Gasteiger partial charge >= 0.3 is 11.9 Å². The molecule has 1 unspecified atom stereocenters. The van der Waals surface area contributed by atoms with Gasteiger partial charge in [-0.25, -0.2) is 4.79 Å². The molecule has 0 aromatic heterocycles. The van der Waals surface area contributed by atoms with E-state index in [1.165, 1.54) is 14.0 Å². The number of methoxy groups -OCH3 is 1. The van der Waals surface area contributed by atoms with Crippen molar-refractivity contribution in [3.05, 3.63) is 24.3 Å². The predicted molar refractivity (Wildman–Crippen MR) is 70.5 cm³/mol. The largest absolute Gasteiger partial charge is 0.497 e. The van der Waals surface area contributed by atoms with Crippen molar-refractivity contribution in [1.82, 2.24) is 0 Å². The summed E-state index contributed by atoms with van der Waals surface area (Å²) in [5, 5.41) is 9.85. The van der Waals surface area contributed by atoms with Crippen LogP contribution in [0.1, 0.15) is 20.3 Å². The first kappa shape index (κ1) is 16.0. The van der Waals surface area contributed by atoms with E-state index in [1.807, 2.05) is 0 Å². The maximum atomic E-state index is 11.7. The van der Waals surface area contributed by atoms with Gasteiger partial charge in [0, 0.05) is 0 Å². The molecule has 0 spiro atoms. The molecular weight excluding hydrogens is 264 g/mol. The lowest BCUT2D eigenvalue weighted by Gasteiger charge is -2.19. The predicted octanol–water partition coefficient (Wildman–Crippen LogP) is 1.30. The molecule has 110 valence electrons. The molecule has 20 heavy (non-hydrogen) atoms. The third kappa shape index (κ3) is 4.55. The molecule has 1 aromatic carbocycles. The number of ether oxygens (including phenoxy) is 3. The number of carbonyl (C=O) groups excluding carboxylic acids is 2. The van der Waals surface area contributed by atoms with Gasteiger partial charge in [0.25, 0.3) is 0 Å². The zero-order chi connectivity index (χ0) is 15.2. The smallest absolute Gasteiger partial charge is 0.338 e. The highest BCUT2D eigenvalue weighted by molar-refractivity contribution is 5.85. The van der Waals surface area contributed by atoms with Crippen molar-refractivity contribution in [3.8, 4) is 11.5 Å². The average molecular weight is 282 g/mol. The Hall–Kier alpha value is -2.08. The van der Waals surface area contributed by atoms with Crippen molar-refractivity contribution in [1.29, 1.82) is 0 Å². The quantitative estimate of drug-likeness (QED) is 0.625. The van der Waals surface area contributed by atoms with Crippen LogP contribution in [0.25, 0.3) is 0 Å². The Labute approximate surface area is 117 Å². The van der Waals surface area contributed by atoms with Gasteiger partial charge in [-0.3, -0.25) is 4.79 Å². The average Bonchev–Trinajstić information content (AvgIpc) is 2.39. The van der Waals surface area contributed by atoms with Crippen molar-refractivity contribution >= 4 is 11.9 Å². The van der Waals surface area contributed by atoms with Crippen molar-refractivity contribution < 1.29 is 28.9 Å². The number of benzene rings is 1. The first-order valence-electron chi connectivity index (χ1n) is 6.13. The number of hydrogen-bond acceptors (Lipinski definition) is 6. The third-order valence-electron chi connectivity index (χ3n) is 2.49. The molecule has 0 amide bonds. The Morgan fingerprint density at radius 1 is 1.20 bits per heavy atom. The van der Waals surface area contributed by atoms with Gasteiger partial charge in [-0.05, 0) is 38.1 Å². The van der Waals surface area contributed by atoms with E-state index in [0.717, 1.165) is 0 Å². The van der Waals surface area contributed by atoms with Crippen molar-refractivity contribution in [2.75, 3.05) is 13.7 Å². The van der Waals surface area contributed by atoms with Gasteiger partial charge in [0.2, 0.25) is 0 Å². The molecule has 0 aliphatic rings. The van der Waals surface area contributed by atoms with Gasteiger partial charge in [0.15, 0.2) is 5.60 Å². The number of esters is 2.